The van der Waals surface area contributed by atoms with Crippen molar-refractivity contribution in [2.75, 3.05) is 19.8 Å². The number of rotatable bonds is 7. The predicted octanol–water partition coefficient (Wildman–Crippen LogP) is 3.63. The number of aromatic amines is 1. The van der Waals surface area contributed by atoms with Gasteiger partial charge in [-0.05, 0) is 56.9 Å². The molecule has 2 heterocycles. The highest BCUT2D eigenvalue weighted by Gasteiger charge is 2.26. The first-order valence-electron chi connectivity index (χ1n) is 9.82. The Morgan fingerprint density at radius 3 is 2.64 bits per heavy atom. The molecule has 0 aliphatic carbocycles. The molecule has 28 heavy (non-hydrogen) atoms. The fourth-order valence-corrected chi connectivity index (χ4v) is 3.64. The van der Waals surface area contributed by atoms with E-state index in [2.05, 4.69) is 4.98 Å². The van der Waals surface area contributed by atoms with Gasteiger partial charge in [-0.25, -0.2) is 4.79 Å². The van der Waals surface area contributed by atoms with Crippen molar-refractivity contribution in [2.24, 2.45) is 0 Å². The SMILES string of the molecule is CCOC(=O)c1[nH]c(C)c(CN(C[C@@H]2CCCO2)C(=O)c2ccccc2)c1C. The summed E-state index contributed by atoms with van der Waals surface area (Å²) >= 11 is 0. The van der Waals surface area contributed by atoms with Gasteiger partial charge in [-0.15, -0.1) is 0 Å². The van der Waals surface area contributed by atoms with Crippen molar-refractivity contribution in [3.8, 4) is 0 Å². The van der Waals surface area contributed by atoms with Gasteiger partial charge in [0.1, 0.15) is 5.69 Å². The summed E-state index contributed by atoms with van der Waals surface area (Å²) in [5.74, 6) is -0.400. The summed E-state index contributed by atoms with van der Waals surface area (Å²) in [5, 5.41) is 0. The van der Waals surface area contributed by atoms with Crippen LogP contribution in [0, 0.1) is 13.8 Å². The Labute approximate surface area is 165 Å². The molecule has 0 spiro atoms. The van der Waals surface area contributed by atoms with Crippen molar-refractivity contribution in [1.29, 1.82) is 0 Å². The molecule has 6 nitrogen and oxygen atoms in total. The van der Waals surface area contributed by atoms with E-state index in [0.717, 1.165) is 36.3 Å². The zero-order chi connectivity index (χ0) is 20.1. The molecule has 1 saturated heterocycles. The van der Waals surface area contributed by atoms with Gasteiger partial charge in [0.15, 0.2) is 0 Å². The highest BCUT2D eigenvalue weighted by Crippen LogP contribution is 2.23. The van der Waals surface area contributed by atoms with Crippen molar-refractivity contribution >= 4 is 11.9 Å². The molecule has 1 atom stereocenters. The van der Waals surface area contributed by atoms with Gasteiger partial charge < -0.3 is 19.4 Å². The highest BCUT2D eigenvalue weighted by atomic mass is 16.5. The Morgan fingerprint density at radius 2 is 2.00 bits per heavy atom. The summed E-state index contributed by atoms with van der Waals surface area (Å²) in [6.45, 7) is 7.61. The molecule has 1 aromatic carbocycles. The Hall–Kier alpha value is -2.60. The van der Waals surface area contributed by atoms with Crippen molar-refractivity contribution in [3.05, 3.63) is 58.4 Å². The average molecular weight is 384 g/mol. The standard InChI is InChI=1S/C22H28N2O4/c1-4-27-22(26)20-15(2)19(16(3)23-20)14-24(13-18-11-8-12-28-18)21(25)17-9-6-5-7-10-17/h5-7,9-10,18,23H,4,8,11-14H2,1-3H3/t18-/m0/s1. The van der Waals surface area contributed by atoms with E-state index in [4.69, 9.17) is 9.47 Å². The Bertz CT molecular complexity index is 823. The van der Waals surface area contributed by atoms with Crippen molar-refractivity contribution in [3.63, 3.8) is 0 Å². The molecule has 0 bridgehead atoms. The summed E-state index contributed by atoms with van der Waals surface area (Å²) in [7, 11) is 0. The fourth-order valence-electron chi connectivity index (χ4n) is 3.64. The maximum atomic E-state index is 13.2. The third-order valence-corrected chi connectivity index (χ3v) is 5.18. The summed E-state index contributed by atoms with van der Waals surface area (Å²) in [5.41, 5.74) is 3.76. The lowest BCUT2D eigenvalue weighted by Crippen LogP contribution is -2.37. The van der Waals surface area contributed by atoms with E-state index in [1.165, 1.54) is 0 Å². The van der Waals surface area contributed by atoms with Gasteiger partial charge in [-0.1, -0.05) is 18.2 Å². The minimum absolute atomic E-state index is 0.0335. The summed E-state index contributed by atoms with van der Waals surface area (Å²) in [4.78, 5) is 30.3. The van der Waals surface area contributed by atoms with E-state index in [0.29, 0.717) is 31.0 Å². The normalized spacial score (nSPS) is 16.2. The number of aryl methyl sites for hydroxylation is 1. The molecular formula is C22H28N2O4. The Kier molecular flexibility index (Phi) is 6.52. The molecule has 0 radical (unpaired) electrons. The number of hydrogen-bond acceptors (Lipinski definition) is 4. The van der Waals surface area contributed by atoms with Crippen LogP contribution >= 0.6 is 0 Å². The van der Waals surface area contributed by atoms with E-state index in [1.54, 1.807) is 6.92 Å². The van der Waals surface area contributed by atoms with Gasteiger partial charge in [0, 0.05) is 31.0 Å². The minimum Gasteiger partial charge on any atom is -0.461 e. The molecule has 1 N–H and O–H groups in total. The summed E-state index contributed by atoms with van der Waals surface area (Å²) < 4.78 is 10.9. The molecule has 2 aromatic rings. The van der Waals surface area contributed by atoms with Crippen molar-refractivity contribution < 1.29 is 19.1 Å². The number of hydrogen-bond donors (Lipinski definition) is 1. The quantitative estimate of drug-likeness (QED) is 0.740. The second-order valence-electron chi connectivity index (χ2n) is 7.14. The lowest BCUT2D eigenvalue weighted by atomic mass is 10.1. The van der Waals surface area contributed by atoms with E-state index < -0.39 is 0 Å². The lowest BCUT2D eigenvalue weighted by Gasteiger charge is -2.26. The van der Waals surface area contributed by atoms with Crippen LogP contribution in [0.15, 0.2) is 30.3 Å². The number of amides is 1. The van der Waals surface area contributed by atoms with Crippen LogP contribution in [0.2, 0.25) is 0 Å². The molecule has 6 heteroatoms. The van der Waals surface area contributed by atoms with Gasteiger partial charge in [0.25, 0.3) is 5.91 Å². The van der Waals surface area contributed by atoms with Gasteiger partial charge in [0.2, 0.25) is 0 Å². The molecule has 150 valence electrons. The second kappa shape index (κ2) is 9.06. The van der Waals surface area contributed by atoms with Gasteiger partial charge in [-0.2, -0.15) is 0 Å². The first-order valence-corrected chi connectivity index (χ1v) is 9.82. The zero-order valence-electron chi connectivity index (χ0n) is 16.8. The van der Waals surface area contributed by atoms with Crippen LogP contribution < -0.4 is 0 Å². The molecule has 1 aliphatic rings. The molecule has 3 rings (SSSR count). The number of carbonyl (C=O) groups is 2. The number of aromatic nitrogens is 1. The third kappa shape index (κ3) is 4.44. The minimum atomic E-state index is -0.366. The number of esters is 1. The fraction of sp³-hybridized carbons (Fsp3) is 0.455. The zero-order valence-corrected chi connectivity index (χ0v) is 16.8. The number of ether oxygens (including phenoxy) is 2. The number of nitrogens with zero attached hydrogens (tertiary/aromatic N) is 1. The topological polar surface area (TPSA) is 71.6 Å². The smallest absolute Gasteiger partial charge is 0.355 e. The van der Waals surface area contributed by atoms with E-state index in [9.17, 15) is 9.59 Å². The van der Waals surface area contributed by atoms with Crippen molar-refractivity contribution in [2.45, 2.75) is 46.3 Å². The molecule has 1 fully saturated rings. The number of carbonyl (C=O) groups excluding carboxylic acids is 2. The van der Waals surface area contributed by atoms with Gasteiger partial charge in [-0.3, -0.25) is 4.79 Å². The predicted molar refractivity (Wildman–Crippen MR) is 106 cm³/mol. The summed E-state index contributed by atoms with van der Waals surface area (Å²) in [6, 6.07) is 9.27. The molecular weight excluding hydrogens is 356 g/mol. The molecule has 0 saturated carbocycles. The van der Waals surface area contributed by atoms with E-state index in [-0.39, 0.29) is 18.0 Å². The van der Waals surface area contributed by atoms with E-state index >= 15 is 0 Å². The van der Waals surface area contributed by atoms with Crippen LogP contribution in [0.1, 0.15) is 57.4 Å². The van der Waals surface area contributed by atoms with Crippen LogP contribution in [0.5, 0.6) is 0 Å². The van der Waals surface area contributed by atoms with Crippen LogP contribution in [0.4, 0.5) is 0 Å². The van der Waals surface area contributed by atoms with E-state index in [1.807, 2.05) is 49.1 Å². The van der Waals surface area contributed by atoms with Crippen LogP contribution in [-0.2, 0) is 16.0 Å². The molecule has 1 aromatic heterocycles. The van der Waals surface area contributed by atoms with Gasteiger partial charge in [0.05, 0.1) is 12.7 Å². The summed E-state index contributed by atoms with van der Waals surface area (Å²) in [6.07, 6.45) is 2.03. The van der Waals surface area contributed by atoms with Crippen LogP contribution in [0.25, 0.3) is 0 Å². The average Bonchev–Trinajstić information content (AvgIpc) is 3.31. The third-order valence-electron chi connectivity index (χ3n) is 5.18. The Morgan fingerprint density at radius 1 is 1.25 bits per heavy atom. The van der Waals surface area contributed by atoms with Gasteiger partial charge >= 0.3 is 5.97 Å². The highest BCUT2D eigenvalue weighted by molar-refractivity contribution is 5.94. The van der Waals surface area contributed by atoms with Crippen LogP contribution in [0.3, 0.4) is 0 Å². The molecule has 1 amide bonds. The lowest BCUT2D eigenvalue weighted by molar-refractivity contribution is 0.0506. The van der Waals surface area contributed by atoms with Crippen molar-refractivity contribution in [1.82, 2.24) is 9.88 Å². The monoisotopic (exact) mass is 384 g/mol. The second-order valence-corrected chi connectivity index (χ2v) is 7.14. The first kappa shape index (κ1) is 20.1. The van der Waals surface area contributed by atoms with Crippen LogP contribution in [-0.4, -0.2) is 47.6 Å². The number of benzene rings is 1. The Balaban J connectivity index is 1.87. The maximum Gasteiger partial charge on any atom is 0.355 e. The molecule has 0 unspecified atom stereocenters. The number of H-pyrrole nitrogens is 1. The number of nitrogens with one attached hydrogen (secondary N) is 1. The maximum absolute atomic E-state index is 13.2. The first-order chi connectivity index (χ1) is 13.5. The molecule has 1 aliphatic heterocycles. The largest absolute Gasteiger partial charge is 0.461 e.